The SMILES string of the molecule is COC1CCC(N[C@H]2CCCN(C(=O)OC(C)(C)C)C2)CC1. The topological polar surface area (TPSA) is 50.8 Å². The highest BCUT2D eigenvalue weighted by atomic mass is 16.6. The number of carbonyl (C=O) groups is 1. The fourth-order valence-corrected chi connectivity index (χ4v) is 3.40. The van der Waals surface area contributed by atoms with E-state index in [1.54, 1.807) is 7.11 Å². The first kappa shape index (κ1) is 17.5. The standard InChI is InChI=1S/C17H32N2O3/c1-17(2,3)22-16(20)19-11-5-6-14(12-19)18-13-7-9-15(21-4)10-8-13/h13-15,18H,5-12H2,1-4H3/t13?,14-,15?/m0/s1. The number of methoxy groups -OCH3 is 1. The second-order valence-electron chi connectivity index (χ2n) is 7.64. The van der Waals surface area contributed by atoms with Crippen molar-refractivity contribution in [2.45, 2.75) is 83.1 Å². The smallest absolute Gasteiger partial charge is 0.410 e. The lowest BCUT2D eigenvalue weighted by Gasteiger charge is -2.37. The van der Waals surface area contributed by atoms with Gasteiger partial charge in [0.15, 0.2) is 0 Å². The Morgan fingerprint density at radius 3 is 2.36 bits per heavy atom. The third kappa shape index (κ3) is 5.43. The molecule has 0 aromatic carbocycles. The normalized spacial score (nSPS) is 30.2. The van der Waals surface area contributed by atoms with E-state index < -0.39 is 5.60 Å². The van der Waals surface area contributed by atoms with E-state index in [1.165, 1.54) is 12.8 Å². The average Bonchev–Trinajstić information content (AvgIpc) is 2.46. The van der Waals surface area contributed by atoms with Gasteiger partial charge in [-0.1, -0.05) is 0 Å². The maximum atomic E-state index is 12.2. The summed E-state index contributed by atoms with van der Waals surface area (Å²) >= 11 is 0. The predicted molar refractivity (Wildman–Crippen MR) is 87.0 cm³/mol. The lowest BCUT2D eigenvalue weighted by atomic mass is 9.91. The van der Waals surface area contributed by atoms with Crippen molar-refractivity contribution in [3.05, 3.63) is 0 Å². The van der Waals surface area contributed by atoms with E-state index in [4.69, 9.17) is 9.47 Å². The van der Waals surface area contributed by atoms with Crippen LogP contribution in [0.1, 0.15) is 59.3 Å². The number of piperidine rings is 1. The van der Waals surface area contributed by atoms with Crippen LogP contribution in [-0.4, -0.2) is 55.0 Å². The van der Waals surface area contributed by atoms with Gasteiger partial charge in [0.1, 0.15) is 5.60 Å². The van der Waals surface area contributed by atoms with E-state index in [9.17, 15) is 4.79 Å². The molecule has 0 spiro atoms. The van der Waals surface area contributed by atoms with E-state index in [-0.39, 0.29) is 6.09 Å². The molecule has 0 unspecified atom stereocenters. The molecule has 2 aliphatic rings. The van der Waals surface area contributed by atoms with Gasteiger partial charge in [0.2, 0.25) is 0 Å². The Bertz CT molecular complexity index is 359. The largest absolute Gasteiger partial charge is 0.444 e. The first-order valence-corrected chi connectivity index (χ1v) is 8.64. The molecule has 0 radical (unpaired) electrons. The van der Waals surface area contributed by atoms with Gasteiger partial charge >= 0.3 is 6.09 Å². The van der Waals surface area contributed by atoms with Crippen molar-refractivity contribution in [1.82, 2.24) is 10.2 Å². The van der Waals surface area contributed by atoms with Crippen molar-refractivity contribution in [2.75, 3.05) is 20.2 Å². The number of hydrogen-bond donors (Lipinski definition) is 1. The summed E-state index contributed by atoms with van der Waals surface area (Å²) in [4.78, 5) is 14.0. The van der Waals surface area contributed by atoms with Crippen LogP contribution in [-0.2, 0) is 9.47 Å². The Morgan fingerprint density at radius 1 is 1.09 bits per heavy atom. The molecule has 22 heavy (non-hydrogen) atoms. The summed E-state index contributed by atoms with van der Waals surface area (Å²) in [5.74, 6) is 0. The zero-order valence-electron chi connectivity index (χ0n) is 14.6. The Morgan fingerprint density at radius 2 is 1.77 bits per heavy atom. The summed E-state index contributed by atoms with van der Waals surface area (Å²) in [7, 11) is 1.80. The maximum absolute atomic E-state index is 12.2. The van der Waals surface area contributed by atoms with Gasteiger partial charge < -0.3 is 19.7 Å². The molecule has 2 rings (SSSR count). The molecule has 1 N–H and O–H groups in total. The number of hydrogen-bond acceptors (Lipinski definition) is 4. The van der Waals surface area contributed by atoms with Crippen molar-refractivity contribution in [3.8, 4) is 0 Å². The minimum atomic E-state index is -0.421. The van der Waals surface area contributed by atoms with E-state index >= 15 is 0 Å². The molecule has 5 nitrogen and oxygen atoms in total. The minimum Gasteiger partial charge on any atom is -0.444 e. The Balaban J connectivity index is 1.77. The molecule has 0 aromatic heterocycles. The number of amides is 1. The Hall–Kier alpha value is -0.810. The quantitative estimate of drug-likeness (QED) is 0.870. The second kappa shape index (κ2) is 7.64. The third-order valence-corrected chi connectivity index (χ3v) is 4.55. The number of nitrogens with zero attached hydrogens (tertiary/aromatic N) is 1. The van der Waals surface area contributed by atoms with Gasteiger partial charge in [-0.3, -0.25) is 0 Å². The van der Waals surface area contributed by atoms with Gasteiger partial charge in [-0.2, -0.15) is 0 Å². The molecule has 2 fully saturated rings. The summed E-state index contributed by atoms with van der Waals surface area (Å²) in [6.45, 7) is 7.32. The molecule has 1 saturated heterocycles. The van der Waals surface area contributed by atoms with Gasteiger partial charge in [-0.05, 0) is 59.3 Å². The highest BCUT2D eigenvalue weighted by Crippen LogP contribution is 2.22. The number of rotatable bonds is 3. The van der Waals surface area contributed by atoms with E-state index in [1.807, 2.05) is 25.7 Å². The molecule has 1 atom stereocenters. The molecule has 1 aliphatic carbocycles. The zero-order chi connectivity index (χ0) is 16.2. The summed E-state index contributed by atoms with van der Waals surface area (Å²) in [5.41, 5.74) is -0.421. The minimum absolute atomic E-state index is 0.179. The van der Waals surface area contributed by atoms with Gasteiger partial charge in [0.25, 0.3) is 0 Å². The molecular formula is C17H32N2O3. The van der Waals surface area contributed by atoms with Crippen LogP contribution >= 0.6 is 0 Å². The zero-order valence-corrected chi connectivity index (χ0v) is 14.6. The highest BCUT2D eigenvalue weighted by Gasteiger charge is 2.29. The number of ether oxygens (including phenoxy) is 2. The van der Waals surface area contributed by atoms with Crippen molar-refractivity contribution in [1.29, 1.82) is 0 Å². The van der Waals surface area contributed by atoms with E-state index in [0.29, 0.717) is 18.2 Å². The highest BCUT2D eigenvalue weighted by molar-refractivity contribution is 5.68. The van der Waals surface area contributed by atoms with Gasteiger partial charge in [0, 0.05) is 32.3 Å². The maximum Gasteiger partial charge on any atom is 0.410 e. The summed E-state index contributed by atoms with van der Waals surface area (Å²) < 4.78 is 10.9. The fourth-order valence-electron chi connectivity index (χ4n) is 3.40. The lowest BCUT2D eigenvalue weighted by Crippen LogP contribution is -2.52. The molecule has 5 heteroatoms. The van der Waals surface area contributed by atoms with Crippen LogP contribution in [0.2, 0.25) is 0 Å². The molecule has 128 valence electrons. The van der Waals surface area contributed by atoms with Gasteiger partial charge in [0.05, 0.1) is 6.10 Å². The summed E-state index contributed by atoms with van der Waals surface area (Å²) in [6, 6.07) is 0.959. The van der Waals surface area contributed by atoms with Crippen LogP contribution in [0.25, 0.3) is 0 Å². The molecular weight excluding hydrogens is 280 g/mol. The average molecular weight is 312 g/mol. The van der Waals surface area contributed by atoms with Gasteiger partial charge in [-0.15, -0.1) is 0 Å². The Labute approximate surface area is 134 Å². The van der Waals surface area contributed by atoms with Crippen LogP contribution in [0, 0.1) is 0 Å². The van der Waals surface area contributed by atoms with Crippen molar-refractivity contribution < 1.29 is 14.3 Å². The fraction of sp³-hybridized carbons (Fsp3) is 0.941. The number of carbonyl (C=O) groups excluding carboxylic acids is 1. The Kier molecular flexibility index (Phi) is 6.09. The third-order valence-electron chi connectivity index (χ3n) is 4.55. The molecule has 1 heterocycles. The summed E-state index contributed by atoms with van der Waals surface area (Å²) in [5, 5.41) is 3.75. The van der Waals surface area contributed by atoms with Crippen LogP contribution in [0.15, 0.2) is 0 Å². The van der Waals surface area contributed by atoms with Crippen LogP contribution in [0.3, 0.4) is 0 Å². The van der Waals surface area contributed by atoms with Crippen molar-refractivity contribution in [2.24, 2.45) is 0 Å². The molecule has 1 saturated carbocycles. The first-order valence-electron chi connectivity index (χ1n) is 8.64. The van der Waals surface area contributed by atoms with Crippen LogP contribution in [0.5, 0.6) is 0 Å². The molecule has 1 amide bonds. The number of likely N-dealkylation sites (tertiary alicyclic amines) is 1. The van der Waals surface area contributed by atoms with Crippen molar-refractivity contribution in [3.63, 3.8) is 0 Å². The van der Waals surface area contributed by atoms with E-state index in [0.717, 1.165) is 38.8 Å². The predicted octanol–water partition coefficient (Wildman–Crippen LogP) is 2.93. The van der Waals surface area contributed by atoms with Gasteiger partial charge in [-0.25, -0.2) is 4.79 Å². The monoisotopic (exact) mass is 312 g/mol. The van der Waals surface area contributed by atoms with Crippen molar-refractivity contribution >= 4 is 6.09 Å². The van der Waals surface area contributed by atoms with Crippen LogP contribution in [0.4, 0.5) is 4.79 Å². The molecule has 1 aliphatic heterocycles. The first-order chi connectivity index (χ1) is 10.4. The molecule has 0 aromatic rings. The summed E-state index contributed by atoms with van der Waals surface area (Å²) in [6.07, 6.45) is 7.05. The van der Waals surface area contributed by atoms with Crippen LogP contribution < -0.4 is 5.32 Å². The number of nitrogens with one attached hydrogen (secondary N) is 1. The van der Waals surface area contributed by atoms with E-state index in [2.05, 4.69) is 5.32 Å². The second-order valence-corrected chi connectivity index (χ2v) is 7.64. The molecule has 0 bridgehead atoms. The lowest BCUT2D eigenvalue weighted by molar-refractivity contribution is 0.0173.